The van der Waals surface area contributed by atoms with Crippen LogP contribution in [0.15, 0.2) is 36.4 Å². The van der Waals surface area contributed by atoms with E-state index in [4.69, 9.17) is 10.5 Å². The lowest BCUT2D eigenvalue weighted by Gasteiger charge is -2.17. The number of benzene rings is 1. The Hall–Kier alpha value is -3.20. The van der Waals surface area contributed by atoms with Crippen LogP contribution in [-0.4, -0.2) is 32.8 Å². The van der Waals surface area contributed by atoms with Crippen molar-refractivity contribution >= 4 is 5.95 Å². The summed E-state index contributed by atoms with van der Waals surface area (Å²) < 4.78 is 45.6. The number of hydrogen-bond donors (Lipinski definition) is 2. The van der Waals surface area contributed by atoms with Crippen LogP contribution in [0.25, 0.3) is 22.4 Å². The number of aromatic nitrogens is 3. The van der Waals surface area contributed by atoms with Gasteiger partial charge in [-0.3, -0.25) is 4.98 Å². The van der Waals surface area contributed by atoms with E-state index in [0.717, 1.165) is 0 Å². The molecule has 3 N–H and O–H groups in total. The molecule has 1 unspecified atom stereocenters. The van der Waals surface area contributed by atoms with Crippen LogP contribution < -0.4 is 10.5 Å². The second-order valence-electron chi connectivity index (χ2n) is 6.50. The molecule has 29 heavy (non-hydrogen) atoms. The van der Waals surface area contributed by atoms with Crippen LogP contribution in [-0.2, 0) is 0 Å². The topological polar surface area (TPSA) is 94.2 Å². The van der Waals surface area contributed by atoms with Crippen LogP contribution in [0, 0.1) is 12.7 Å². The molecule has 1 aromatic carbocycles. The van der Waals surface area contributed by atoms with Gasteiger partial charge in [0.1, 0.15) is 18.1 Å². The molecule has 0 bridgehead atoms. The molecule has 1 atom stereocenters. The molecule has 6 nitrogen and oxygen atoms in total. The molecule has 0 amide bonds. The fourth-order valence-electron chi connectivity index (χ4n) is 2.79. The predicted molar refractivity (Wildman–Crippen MR) is 102 cm³/mol. The van der Waals surface area contributed by atoms with E-state index < -0.39 is 24.0 Å². The molecule has 0 saturated carbocycles. The van der Waals surface area contributed by atoms with Gasteiger partial charge < -0.3 is 15.6 Å². The van der Waals surface area contributed by atoms with Crippen LogP contribution in [0.1, 0.15) is 24.7 Å². The number of aliphatic hydroxyl groups excluding tert-OH is 1. The highest BCUT2D eigenvalue weighted by Gasteiger charge is 2.21. The largest absolute Gasteiger partial charge is 0.474 e. The van der Waals surface area contributed by atoms with Crippen molar-refractivity contribution in [2.75, 3.05) is 12.3 Å². The number of ether oxygens (including phenoxy) is 1. The Kier molecular flexibility index (Phi) is 5.97. The Morgan fingerprint density at radius 2 is 1.76 bits per heavy atom. The highest BCUT2D eigenvalue weighted by molar-refractivity contribution is 5.85. The average Bonchev–Trinajstić information content (AvgIpc) is 2.65. The summed E-state index contributed by atoms with van der Waals surface area (Å²) in [5.74, 6) is -0.542. The Balaban J connectivity index is 2.28. The van der Waals surface area contributed by atoms with E-state index in [9.17, 15) is 18.3 Å². The molecule has 3 aromatic rings. The third-order valence-corrected chi connectivity index (χ3v) is 3.96. The van der Waals surface area contributed by atoms with E-state index in [1.54, 1.807) is 13.0 Å². The summed E-state index contributed by atoms with van der Waals surface area (Å²) in [5, 5.41) is 9.57. The smallest absolute Gasteiger partial charge is 0.280 e. The van der Waals surface area contributed by atoms with Crippen LogP contribution in [0.5, 0.6) is 5.88 Å². The van der Waals surface area contributed by atoms with Crippen LogP contribution in [0.2, 0.25) is 0 Å². The molecule has 0 radical (unpaired) electrons. The quantitative estimate of drug-likeness (QED) is 0.647. The third kappa shape index (κ3) is 4.80. The molecule has 0 aliphatic heterocycles. The molecule has 0 spiro atoms. The molecular weight excluding hydrogens is 385 g/mol. The Labute approximate surface area is 165 Å². The standard InChI is InChI=1S/C20H19F3N4O2/c1-10-7-13(8-15(25-10)18(22)23)16-17(12-3-5-14(21)6-4-12)26-20(24)27-19(16)29-9-11(2)28/h3-8,11,18,28H,9H2,1-2H3,(H2,24,26,27). The number of aryl methyl sites for hydroxylation is 1. The number of nitrogens with zero attached hydrogens (tertiary/aromatic N) is 3. The number of aliphatic hydroxyl groups is 1. The summed E-state index contributed by atoms with van der Waals surface area (Å²) in [7, 11) is 0. The van der Waals surface area contributed by atoms with Gasteiger partial charge in [-0.05, 0) is 55.8 Å². The Morgan fingerprint density at radius 3 is 2.38 bits per heavy atom. The summed E-state index contributed by atoms with van der Waals surface area (Å²) in [4.78, 5) is 12.2. The second kappa shape index (κ2) is 8.44. The van der Waals surface area contributed by atoms with E-state index in [0.29, 0.717) is 22.4 Å². The average molecular weight is 404 g/mol. The number of hydrogen-bond acceptors (Lipinski definition) is 6. The molecule has 0 fully saturated rings. The molecule has 9 heteroatoms. The Morgan fingerprint density at radius 1 is 1.07 bits per heavy atom. The molecule has 0 aliphatic rings. The van der Waals surface area contributed by atoms with Crippen molar-refractivity contribution in [2.24, 2.45) is 0 Å². The molecule has 3 rings (SSSR count). The highest BCUT2D eigenvalue weighted by atomic mass is 19.3. The van der Waals surface area contributed by atoms with Crippen molar-refractivity contribution in [3.8, 4) is 28.3 Å². The fraction of sp³-hybridized carbons (Fsp3) is 0.250. The minimum atomic E-state index is -2.78. The van der Waals surface area contributed by atoms with Crippen molar-refractivity contribution in [3.63, 3.8) is 0 Å². The summed E-state index contributed by atoms with van der Waals surface area (Å²) in [6, 6.07) is 8.27. The maximum absolute atomic E-state index is 13.4. The fourth-order valence-corrected chi connectivity index (χ4v) is 2.79. The van der Waals surface area contributed by atoms with Gasteiger partial charge in [0.2, 0.25) is 11.8 Å². The summed E-state index contributed by atoms with van der Waals surface area (Å²) >= 11 is 0. The van der Waals surface area contributed by atoms with Gasteiger partial charge in [0.05, 0.1) is 17.4 Å². The molecular formula is C20H19F3N4O2. The number of alkyl halides is 2. The second-order valence-corrected chi connectivity index (χ2v) is 6.50. The summed E-state index contributed by atoms with van der Waals surface area (Å²) in [5.41, 5.74) is 7.17. The number of anilines is 1. The zero-order chi connectivity index (χ0) is 21.1. The van der Waals surface area contributed by atoms with Gasteiger partial charge in [-0.2, -0.15) is 4.98 Å². The summed E-state index contributed by atoms with van der Waals surface area (Å²) in [6.07, 6.45) is -3.58. The van der Waals surface area contributed by atoms with Crippen molar-refractivity contribution in [2.45, 2.75) is 26.4 Å². The molecule has 0 aliphatic carbocycles. The third-order valence-electron chi connectivity index (χ3n) is 3.96. The SMILES string of the molecule is Cc1cc(-c2c(OCC(C)O)nc(N)nc2-c2ccc(F)cc2)cc(C(F)F)n1. The van der Waals surface area contributed by atoms with E-state index in [2.05, 4.69) is 15.0 Å². The van der Waals surface area contributed by atoms with E-state index >= 15 is 0 Å². The first kappa shape index (κ1) is 20.5. The number of pyridine rings is 1. The van der Waals surface area contributed by atoms with Crippen LogP contribution in [0.4, 0.5) is 19.1 Å². The van der Waals surface area contributed by atoms with Gasteiger partial charge >= 0.3 is 0 Å². The van der Waals surface area contributed by atoms with Gasteiger partial charge in [0.25, 0.3) is 6.43 Å². The lowest BCUT2D eigenvalue weighted by atomic mass is 9.99. The van der Waals surface area contributed by atoms with Crippen LogP contribution >= 0.6 is 0 Å². The van der Waals surface area contributed by atoms with Gasteiger partial charge in [-0.15, -0.1) is 0 Å². The first-order valence-electron chi connectivity index (χ1n) is 8.76. The first-order valence-corrected chi connectivity index (χ1v) is 8.76. The zero-order valence-electron chi connectivity index (χ0n) is 15.7. The van der Waals surface area contributed by atoms with E-state index in [1.165, 1.54) is 37.3 Å². The lowest BCUT2D eigenvalue weighted by molar-refractivity contribution is 0.120. The predicted octanol–water partition coefficient (Wildman–Crippen LogP) is 3.93. The van der Waals surface area contributed by atoms with Gasteiger partial charge in [-0.1, -0.05) is 0 Å². The number of halogens is 3. The molecule has 2 heterocycles. The normalized spacial score (nSPS) is 12.2. The van der Waals surface area contributed by atoms with Gasteiger partial charge in [0.15, 0.2) is 0 Å². The maximum Gasteiger partial charge on any atom is 0.280 e. The van der Waals surface area contributed by atoms with E-state index in [1.807, 2.05) is 0 Å². The first-order chi connectivity index (χ1) is 13.7. The van der Waals surface area contributed by atoms with Gasteiger partial charge in [0, 0.05) is 11.3 Å². The van der Waals surface area contributed by atoms with Crippen molar-refractivity contribution < 1.29 is 23.0 Å². The molecule has 152 valence electrons. The highest BCUT2D eigenvalue weighted by Crippen LogP contribution is 2.39. The monoisotopic (exact) mass is 404 g/mol. The molecule has 0 saturated heterocycles. The van der Waals surface area contributed by atoms with Crippen molar-refractivity contribution in [1.82, 2.24) is 15.0 Å². The van der Waals surface area contributed by atoms with E-state index in [-0.39, 0.29) is 24.1 Å². The number of nitrogens with two attached hydrogens (primary N) is 1. The zero-order valence-corrected chi connectivity index (χ0v) is 15.7. The lowest BCUT2D eigenvalue weighted by Crippen LogP contribution is -2.15. The summed E-state index contributed by atoms with van der Waals surface area (Å²) in [6.45, 7) is 3.01. The van der Waals surface area contributed by atoms with Crippen molar-refractivity contribution in [3.05, 3.63) is 53.6 Å². The van der Waals surface area contributed by atoms with Crippen molar-refractivity contribution in [1.29, 1.82) is 0 Å². The minimum absolute atomic E-state index is 0.0172. The minimum Gasteiger partial charge on any atom is -0.474 e. The van der Waals surface area contributed by atoms with Gasteiger partial charge in [-0.25, -0.2) is 18.2 Å². The van der Waals surface area contributed by atoms with Crippen LogP contribution in [0.3, 0.4) is 0 Å². The Bertz CT molecular complexity index is 1010. The number of nitrogen functional groups attached to an aromatic ring is 1. The number of rotatable bonds is 6. The molecule has 2 aromatic heterocycles. The maximum atomic E-state index is 13.4.